The lowest BCUT2D eigenvalue weighted by Crippen LogP contribution is -2.54. The Hall–Kier alpha value is -3.38. The first kappa shape index (κ1) is 21.8. The molecule has 2 unspecified atom stereocenters. The van der Waals surface area contributed by atoms with E-state index in [-0.39, 0.29) is 29.5 Å². The highest BCUT2D eigenvalue weighted by Gasteiger charge is 2.45. The molecule has 8 heteroatoms. The van der Waals surface area contributed by atoms with Crippen LogP contribution in [-0.4, -0.2) is 43.3 Å². The normalized spacial score (nSPS) is 19.4. The van der Waals surface area contributed by atoms with Crippen LogP contribution in [0.15, 0.2) is 55.1 Å². The molecule has 4 rings (SSSR count). The van der Waals surface area contributed by atoms with Gasteiger partial charge in [-0.05, 0) is 45.2 Å². The zero-order chi connectivity index (χ0) is 22.9. The van der Waals surface area contributed by atoms with Crippen LogP contribution in [0.2, 0.25) is 0 Å². The molecule has 0 radical (unpaired) electrons. The molecular weight excluding hydrogens is 523 g/mol. The maximum Gasteiger partial charge on any atom is 0.263 e. The number of nitrogens with zero attached hydrogens (tertiary/aromatic N) is 1. The molecule has 160 valence electrons. The molecule has 32 heavy (non-hydrogen) atoms. The van der Waals surface area contributed by atoms with Crippen LogP contribution in [0.4, 0.5) is 0 Å². The van der Waals surface area contributed by atoms with Gasteiger partial charge in [0, 0.05) is 17.5 Å². The second-order valence-electron chi connectivity index (χ2n) is 7.14. The molecule has 2 aromatic rings. The minimum Gasteiger partial charge on any atom is -0.365 e. The van der Waals surface area contributed by atoms with Crippen molar-refractivity contribution in [2.75, 3.05) is 0 Å². The molecule has 0 aromatic heterocycles. The van der Waals surface area contributed by atoms with Gasteiger partial charge in [-0.25, -0.2) is 0 Å². The Morgan fingerprint density at radius 1 is 1.06 bits per heavy atom. The number of rotatable bonds is 3. The van der Waals surface area contributed by atoms with Crippen molar-refractivity contribution in [1.29, 1.82) is 0 Å². The summed E-state index contributed by atoms with van der Waals surface area (Å²) in [5.74, 6) is 3.37. The monoisotopic (exact) mass is 540 g/mol. The summed E-state index contributed by atoms with van der Waals surface area (Å²) >= 11 is -1.08. The summed E-state index contributed by atoms with van der Waals surface area (Å²) in [6.45, 7) is 3.61. The van der Waals surface area contributed by atoms with Crippen molar-refractivity contribution in [1.82, 2.24) is 10.2 Å². The predicted molar refractivity (Wildman–Crippen MR) is 125 cm³/mol. The van der Waals surface area contributed by atoms with Crippen molar-refractivity contribution >= 4 is 48.0 Å². The SMILES string of the molecule is C=C=IC(O)(C#Cc1cccc2c1C(=O)N(C1CCC(=O)NC1=O)C2=O)c1ccccc1. The van der Waals surface area contributed by atoms with Gasteiger partial charge in [0.2, 0.25) is 15.4 Å². The van der Waals surface area contributed by atoms with Crippen molar-refractivity contribution in [2.24, 2.45) is 0 Å². The molecule has 2 aliphatic rings. The number of carbonyl (C=O) groups excluding carboxylic acids is 4. The Morgan fingerprint density at radius 2 is 1.81 bits per heavy atom. The molecule has 0 spiro atoms. The lowest BCUT2D eigenvalue weighted by atomic mass is 10.0. The highest BCUT2D eigenvalue weighted by Crippen LogP contribution is 2.33. The summed E-state index contributed by atoms with van der Waals surface area (Å²) in [4.78, 5) is 50.7. The number of fused-ring (bicyclic) bond motifs is 1. The largest absolute Gasteiger partial charge is 0.365 e. The molecule has 2 atom stereocenters. The van der Waals surface area contributed by atoms with Gasteiger partial charge < -0.3 is 5.11 Å². The Bertz CT molecular complexity index is 1270. The van der Waals surface area contributed by atoms with Gasteiger partial charge in [0.05, 0.1) is 11.1 Å². The summed E-state index contributed by atoms with van der Waals surface area (Å²) in [7, 11) is 0. The zero-order valence-corrected chi connectivity index (χ0v) is 18.9. The average Bonchev–Trinajstić information content (AvgIpc) is 3.04. The smallest absolute Gasteiger partial charge is 0.263 e. The van der Waals surface area contributed by atoms with Crippen LogP contribution in [-0.2, 0) is 13.2 Å². The van der Waals surface area contributed by atoms with Gasteiger partial charge in [-0.3, -0.25) is 29.4 Å². The van der Waals surface area contributed by atoms with Crippen LogP contribution in [0, 0.1) is 11.8 Å². The summed E-state index contributed by atoms with van der Waals surface area (Å²) in [5.41, 5.74) is 1.10. The molecule has 0 bridgehead atoms. The first-order valence-corrected chi connectivity index (χ1v) is 11.8. The zero-order valence-electron chi connectivity index (χ0n) is 16.7. The third kappa shape index (κ3) is 3.82. The summed E-state index contributed by atoms with van der Waals surface area (Å²) < 4.78 is 1.30. The standard InChI is InChI=1S/C24H17IN2O5/c1-2-25-24(32,16-8-4-3-5-9-16)14-13-15-7-6-10-17-20(15)23(31)27(22(17)30)18-11-12-19(28)26-21(18)29/h3-10,18,32H,1,11-12H2,(H,26,28,29). The van der Waals surface area contributed by atoms with Crippen molar-refractivity contribution < 1.29 is 24.3 Å². The van der Waals surface area contributed by atoms with Crippen LogP contribution >= 0.6 is 20.7 Å². The molecule has 4 amide bonds. The highest BCUT2D eigenvalue weighted by molar-refractivity contribution is 14.2. The molecule has 2 N–H and O–H groups in total. The first-order chi connectivity index (χ1) is 15.4. The number of hydrogen-bond acceptors (Lipinski definition) is 5. The minimum absolute atomic E-state index is 0.0439. The van der Waals surface area contributed by atoms with E-state index in [1.54, 1.807) is 36.4 Å². The fourth-order valence-electron chi connectivity index (χ4n) is 3.68. The quantitative estimate of drug-likeness (QED) is 0.268. The number of hydrogen-bond donors (Lipinski definition) is 2. The average molecular weight is 540 g/mol. The lowest BCUT2D eigenvalue weighted by Gasteiger charge is -2.27. The number of benzene rings is 2. The van der Waals surface area contributed by atoms with Crippen molar-refractivity contribution in [3.8, 4) is 11.8 Å². The van der Waals surface area contributed by atoms with E-state index in [9.17, 15) is 24.3 Å². The Balaban J connectivity index is 1.74. The maximum absolute atomic E-state index is 13.2. The Labute approximate surface area is 193 Å². The number of halogens is 1. The number of alkyl halides is 1. The van der Waals surface area contributed by atoms with E-state index in [1.807, 2.05) is 6.07 Å². The van der Waals surface area contributed by atoms with Gasteiger partial charge in [0.15, 0.2) is 0 Å². The number of piperidine rings is 1. The van der Waals surface area contributed by atoms with Gasteiger partial charge in [0.1, 0.15) is 6.04 Å². The van der Waals surface area contributed by atoms with Crippen LogP contribution in [0.3, 0.4) is 0 Å². The van der Waals surface area contributed by atoms with Crippen molar-refractivity contribution in [2.45, 2.75) is 22.5 Å². The van der Waals surface area contributed by atoms with E-state index in [0.717, 1.165) is 4.90 Å². The van der Waals surface area contributed by atoms with Gasteiger partial charge in [-0.1, -0.05) is 52.6 Å². The summed E-state index contributed by atoms with van der Waals surface area (Å²) in [6, 6.07) is 12.5. The van der Waals surface area contributed by atoms with Crippen LogP contribution in [0.25, 0.3) is 0 Å². The molecular formula is C24H17IN2O5. The molecule has 1 fully saturated rings. The molecule has 2 aliphatic heterocycles. The van der Waals surface area contributed by atoms with Crippen molar-refractivity contribution in [3.63, 3.8) is 0 Å². The molecule has 0 saturated carbocycles. The van der Waals surface area contributed by atoms with E-state index >= 15 is 0 Å². The van der Waals surface area contributed by atoms with Gasteiger partial charge >= 0.3 is 0 Å². The lowest BCUT2D eigenvalue weighted by molar-refractivity contribution is -0.136. The third-order valence-corrected chi connectivity index (χ3v) is 7.25. The number of aliphatic hydroxyl groups is 1. The molecule has 1 saturated heterocycles. The van der Waals surface area contributed by atoms with E-state index in [2.05, 4.69) is 27.4 Å². The highest BCUT2D eigenvalue weighted by atomic mass is 127. The van der Waals surface area contributed by atoms with Gasteiger partial charge in [0.25, 0.3) is 11.8 Å². The summed E-state index contributed by atoms with van der Waals surface area (Å²) in [6.07, 6.45) is 0.118. The van der Waals surface area contributed by atoms with Crippen LogP contribution in [0.5, 0.6) is 0 Å². The van der Waals surface area contributed by atoms with Crippen LogP contribution in [0.1, 0.15) is 44.7 Å². The Morgan fingerprint density at radius 3 is 2.50 bits per heavy atom. The Kier molecular flexibility index (Phi) is 5.89. The van der Waals surface area contributed by atoms with E-state index in [4.69, 9.17) is 0 Å². The number of amides is 4. The van der Waals surface area contributed by atoms with Crippen LogP contribution < -0.4 is 5.32 Å². The second kappa shape index (κ2) is 8.63. The predicted octanol–water partition coefficient (Wildman–Crippen LogP) is 1.84. The van der Waals surface area contributed by atoms with E-state index in [0.29, 0.717) is 5.56 Å². The van der Waals surface area contributed by atoms with Gasteiger partial charge in [-0.15, -0.1) is 0 Å². The molecule has 2 aromatic carbocycles. The number of nitrogens with one attached hydrogen (secondary N) is 1. The van der Waals surface area contributed by atoms with E-state index < -0.39 is 54.0 Å². The number of imide groups is 2. The molecule has 7 nitrogen and oxygen atoms in total. The minimum atomic E-state index is -1.47. The number of carbonyl (C=O) groups is 4. The summed E-state index contributed by atoms with van der Waals surface area (Å²) in [5, 5.41) is 13.3. The molecule has 0 aliphatic carbocycles. The maximum atomic E-state index is 13.2. The fourth-order valence-corrected chi connectivity index (χ4v) is 5.17. The third-order valence-electron chi connectivity index (χ3n) is 5.19. The molecule has 2 heterocycles. The fraction of sp³-hybridized carbons (Fsp3) is 0.167. The first-order valence-electron chi connectivity index (χ1n) is 9.68. The second-order valence-corrected chi connectivity index (χ2v) is 10.0. The topological polar surface area (TPSA) is 104 Å². The van der Waals surface area contributed by atoms with E-state index in [1.165, 1.54) is 6.07 Å². The van der Waals surface area contributed by atoms with Crippen molar-refractivity contribution in [3.05, 3.63) is 77.4 Å². The van der Waals surface area contributed by atoms with Gasteiger partial charge in [-0.2, -0.15) is 0 Å².